The van der Waals surface area contributed by atoms with Gasteiger partial charge in [-0.3, -0.25) is 4.79 Å². The van der Waals surface area contributed by atoms with Crippen molar-refractivity contribution in [3.63, 3.8) is 0 Å². The van der Waals surface area contributed by atoms with Crippen molar-refractivity contribution in [3.05, 3.63) is 22.7 Å². The SMILES string of the molecule is CCC(=O)Nc1cc(Cl)c(OC)cc1C. The van der Waals surface area contributed by atoms with E-state index in [0.29, 0.717) is 17.2 Å². The summed E-state index contributed by atoms with van der Waals surface area (Å²) in [5.74, 6) is 0.586. The molecule has 4 heteroatoms. The van der Waals surface area contributed by atoms with Crippen LogP contribution in [-0.2, 0) is 4.79 Å². The molecule has 1 amide bonds. The largest absolute Gasteiger partial charge is 0.495 e. The second-order valence-corrected chi connectivity index (χ2v) is 3.61. The fourth-order valence-corrected chi connectivity index (χ4v) is 1.43. The molecule has 0 radical (unpaired) electrons. The first-order chi connectivity index (χ1) is 7.08. The number of methoxy groups -OCH3 is 1. The van der Waals surface area contributed by atoms with Gasteiger partial charge in [-0.25, -0.2) is 0 Å². The second kappa shape index (κ2) is 5.03. The van der Waals surface area contributed by atoms with E-state index in [4.69, 9.17) is 16.3 Å². The summed E-state index contributed by atoms with van der Waals surface area (Å²) in [7, 11) is 1.56. The van der Waals surface area contributed by atoms with Gasteiger partial charge in [-0.2, -0.15) is 0 Å². The molecule has 0 aliphatic rings. The van der Waals surface area contributed by atoms with Gasteiger partial charge in [-0.05, 0) is 24.6 Å². The van der Waals surface area contributed by atoms with Crippen molar-refractivity contribution in [1.29, 1.82) is 0 Å². The fourth-order valence-electron chi connectivity index (χ4n) is 1.18. The molecule has 1 aromatic carbocycles. The Balaban J connectivity index is 3.00. The van der Waals surface area contributed by atoms with Crippen LogP contribution in [-0.4, -0.2) is 13.0 Å². The van der Waals surface area contributed by atoms with Gasteiger partial charge in [0.05, 0.1) is 12.1 Å². The minimum Gasteiger partial charge on any atom is -0.495 e. The number of carbonyl (C=O) groups excluding carboxylic acids is 1. The first kappa shape index (κ1) is 11.9. The number of aryl methyl sites for hydroxylation is 1. The smallest absolute Gasteiger partial charge is 0.224 e. The molecule has 0 aromatic heterocycles. The maximum Gasteiger partial charge on any atom is 0.224 e. The minimum atomic E-state index is -0.0284. The Labute approximate surface area is 94.4 Å². The lowest BCUT2D eigenvalue weighted by atomic mass is 10.2. The van der Waals surface area contributed by atoms with E-state index < -0.39 is 0 Å². The number of amides is 1. The maximum absolute atomic E-state index is 11.2. The number of hydrogen-bond donors (Lipinski definition) is 1. The average Bonchev–Trinajstić information content (AvgIpc) is 2.22. The van der Waals surface area contributed by atoms with Crippen molar-refractivity contribution in [2.24, 2.45) is 0 Å². The standard InChI is InChI=1S/C11H14ClNO2/c1-4-11(14)13-9-6-8(12)10(15-3)5-7(9)2/h5-6H,4H2,1-3H3,(H,13,14). The topological polar surface area (TPSA) is 38.3 Å². The normalized spacial score (nSPS) is 9.87. The number of rotatable bonds is 3. The monoisotopic (exact) mass is 227 g/mol. The number of carbonyl (C=O) groups is 1. The molecule has 0 bridgehead atoms. The maximum atomic E-state index is 11.2. The molecule has 0 aliphatic heterocycles. The van der Waals surface area contributed by atoms with Gasteiger partial charge in [0.1, 0.15) is 5.75 Å². The molecule has 82 valence electrons. The molecule has 3 nitrogen and oxygen atoms in total. The van der Waals surface area contributed by atoms with Crippen molar-refractivity contribution < 1.29 is 9.53 Å². The molecular formula is C11H14ClNO2. The summed E-state index contributed by atoms with van der Waals surface area (Å²) < 4.78 is 5.07. The molecule has 1 N–H and O–H groups in total. The molecule has 0 saturated carbocycles. The van der Waals surface area contributed by atoms with Gasteiger partial charge in [0.25, 0.3) is 0 Å². The average molecular weight is 228 g/mol. The summed E-state index contributed by atoms with van der Waals surface area (Å²) in [6.07, 6.45) is 0.448. The number of anilines is 1. The van der Waals surface area contributed by atoms with E-state index in [1.54, 1.807) is 26.2 Å². The molecule has 0 unspecified atom stereocenters. The predicted octanol–water partition coefficient (Wildman–Crippen LogP) is 3.01. The van der Waals surface area contributed by atoms with Gasteiger partial charge in [0.15, 0.2) is 0 Å². The lowest BCUT2D eigenvalue weighted by molar-refractivity contribution is -0.115. The van der Waals surface area contributed by atoms with E-state index in [-0.39, 0.29) is 5.91 Å². The van der Waals surface area contributed by atoms with Gasteiger partial charge in [-0.1, -0.05) is 18.5 Å². The van der Waals surface area contributed by atoms with Crippen LogP contribution in [0.25, 0.3) is 0 Å². The van der Waals surface area contributed by atoms with E-state index >= 15 is 0 Å². The molecular weight excluding hydrogens is 214 g/mol. The van der Waals surface area contributed by atoms with Crippen LogP contribution in [0.2, 0.25) is 5.02 Å². The van der Waals surface area contributed by atoms with Gasteiger partial charge >= 0.3 is 0 Å². The van der Waals surface area contributed by atoms with Crippen LogP contribution in [0.3, 0.4) is 0 Å². The lowest BCUT2D eigenvalue weighted by Gasteiger charge is -2.10. The summed E-state index contributed by atoms with van der Waals surface area (Å²) in [6.45, 7) is 3.69. The van der Waals surface area contributed by atoms with Crippen molar-refractivity contribution in [2.75, 3.05) is 12.4 Å². The van der Waals surface area contributed by atoms with E-state index in [9.17, 15) is 4.79 Å². The van der Waals surface area contributed by atoms with Crippen LogP contribution in [0.4, 0.5) is 5.69 Å². The van der Waals surface area contributed by atoms with E-state index in [2.05, 4.69) is 5.32 Å². The zero-order valence-electron chi connectivity index (χ0n) is 9.06. The quantitative estimate of drug-likeness (QED) is 0.862. The number of benzene rings is 1. The zero-order chi connectivity index (χ0) is 11.4. The summed E-state index contributed by atoms with van der Waals surface area (Å²) in [4.78, 5) is 11.2. The number of hydrogen-bond acceptors (Lipinski definition) is 2. The Kier molecular flexibility index (Phi) is 3.97. The van der Waals surface area contributed by atoms with Gasteiger partial charge in [0.2, 0.25) is 5.91 Å². The third kappa shape index (κ3) is 2.86. The molecule has 0 heterocycles. The van der Waals surface area contributed by atoms with Crippen molar-refractivity contribution in [1.82, 2.24) is 0 Å². The fraction of sp³-hybridized carbons (Fsp3) is 0.364. The molecule has 1 rings (SSSR count). The molecule has 0 spiro atoms. The van der Waals surface area contributed by atoms with E-state index in [0.717, 1.165) is 11.3 Å². The zero-order valence-corrected chi connectivity index (χ0v) is 9.81. The van der Waals surface area contributed by atoms with Crippen LogP contribution in [0.5, 0.6) is 5.75 Å². The lowest BCUT2D eigenvalue weighted by Crippen LogP contribution is -2.10. The van der Waals surface area contributed by atoms with Crippen LogP contribution >= 0.6 is 11.6 Å². The third-order valence-electron chi connectivity index (χ3n) is 2.09. The molecule has 15 heavy (non-hydrogen) atoms. The highest BCUT2D eigenvalue weighted by Gasteiger charge is 2.07. The van der Waals surface area contributed by atoms with Gasteiger partial charge in [0, 0.05) is 12.1 Å². The molecule has 1 aromatic rings. The van der Waals surface area contributed by atoms with Crippen molar-refractivity contribution in [3.8, 4) is 5.75 Å². The van der Waals surface area contributed by atoms with Gasteiger partial charge < -0.3 is 10.1 Å². The first-order valence-corrected chi connectivity index (χ1v) is 5.10. The second-order valence-electron chi connectivity index (χ2n) is 3.20. The number of ether oxygens (including phenoxy) is 1. The molecule has 0 aliphatic carbocycles. The highest BCUT2D eigenvalue weighted by Crippen LogP contribution is 2.30. The van der Waals surface area contributed by atoms with Crippen molar-refractivity contribution in [2.45, 2.75) is 20.3 Å². The summed E-state index contributed by atoms with van der Waals surface area (Å²) >= 11 is 5.95. The Morgan fingerprint density at radius 3 is 2.73 bits per heavy atom. The highest BCUT2D eigenvalue weighted by atomic mass is 35.5. The molecule has 0 fully saturated rings. The summed E-state index contributed by atoms with van der Waals surface area (Å²) in [5, 5.41) is 3.27. The van der Waals surface area contributed by atoms with Gasteiger partial charge in [-0.15, -0.1) is 0 Å². The van der Waals surface area contributed by atoms with Crippen LogP contribution in [0.1, 0.15) is 18.9 Å². The van der Waals surface area contributed by atoms with Crippen molar-refractivity contribution >= 4 is 23.2 Å². The Morgan fingerprint density at radius 1 is 1.53 bits per heavy atom. The van der Waals surface area contributed by atoms with Crippen LogP contribution < -0.4 is 10.1 Å². The predicted molar refractivity (Wildman–Crippen MR) is 61.7 cm³/mol. The minimum absolute atomic E-state index is 0.0284. The van der Waals surface area contributed by atoms with E-state index in [1.807, 2.05) is 6.92 Å². The van der Waals surface area contributed by atoms with E-state index in [1.165, 1.54) is 0 Å². The Bertz CT molecular complexity index is 377. The Hall–Kier alpha value is -1.22. The number of halogens is 1. The Morgan fingerprint density at radius 2 is 2.20 bits per heavy atom. The molecule has 0 atom stereocenters. The summed E-state index contributed by atoms with van der Waals surface area (Å²) in [6, 6.07) is 3.50. The molecule has 0 saturated heterocycles. The third-order valence-corrected chi connectivity index (χ3v) is 2.39. The summed E-state index contributed by atoms with van der Waals surface area (Å²) in [5.41, 5.74) is 1.66. The van der Waals surface area contributed by atoms with Crippen LogP contribution in [0.15, 0.2) is 12.1 Å². The number of nitrogens with one attached hydrogen (secondary N) is 1. The van der Waals surface area contributed by atoms with Crippen LogP contribution in [0, 0.1) is 6.92 Å². The highest BCUT2D eigenvalue weighted by molar-refractivity contribution is 6.32. The first-order valence-electron chi connectivity index (χ1n) is 4.72.